The lowest BCUT2D eigenvalue weighted by Crippen LogP contribution is -2.33. The summed E-state index contributed by atoms with van der Waals surface area (Å²) in [5.41, 5.74) is 3.39. The average molecular weight is 329 g/mol. The van der Waals surface area contributed by atoms with E-state index >= 15 is 0 Å². The Morgan fingerprint density at radius 1 is 1.08 bits per heavy atom. The lowest BCUT2D eigenvalue weighted by Gasteiger charge is -2.25. The number of fused-ring (bicyclic) bond motifs is 1. The molecule has 130 valence electrons. The van der Waals surface area contributed by atoms with E-state index in [1.165, 1.54) is 17.5 Å². The zero-order valence-corrected chi connectivity index (χ0v) is 14.2. The van der Waals surface area contributed by atoms with E-state index in [1.54, 1.807) is 0 Å². The number of nitrogens with one attached hydrogen (secondary N) is 1. The molecule has 24 heavy (non-hydrogen) atoms. The topological polar surface area (TPSA) is 66.4 Å². The van der Waals surface area contributed by atoms with Crippen molar-refractivity contribution in [1.29, 1.82) is 0 Å². The van der Waals surface area contributed by atoms with Crippen LogP contribution in [-0.4, -0.2) is 29.4 Å². The molecule has 0 saturated heterocycles. The zero-order valence-electron chi connectivity index (χ0n) is 14.2. The molecule has 1 saturated carbocycles. The van der Waals surface area contributed by atoms with E-state index in [9.17, 15) is 14.7 Å². The maximum Gasteiger partial charge on any atom is 0.220 e. The minimum absolute atomic E-state index is 0.0490. The van der Waals surface area contributed by atoms with Crippen molar-refractivity contribution in [3.05, 3.63) is 34.9 Å². The predicted molar refractivity (Wildman–Crippen MR) is 93.0 cm³/mol. The molecule has 0 aliphatic heterocycles. The zero-order chi connectivity index (χ0) is 16.9. The third-order valence-corrected chi connectivity index (χ3v) is 5.34. The van der Waals surface area contributed by atoms with Crippen molar-refractivity contribution in [2.24, 2.45) is 5.92 Å². The maximum atomic E-state index is 12.3. The molecule has 1 fully saturated rings. The Morgan fingerprint density at radius 3 is 2.75 bits per heavy atom. The number of carbonyl (C=O) groups is 2. The molecule has 1 amide bonds. The molecule has 4 heteroatoms. The van der Waals surface area contributed by atoms with Crippen molar-refractivity contribution < 1.29 is 14.7 Å². The van der Waals surface area contributed by atoms with Crippen molar-refractivity contribution >= 4 is 11.7 Å². The monoisotopic (exact) mass is 329 g/mol. The quantitative estimate of drug-likeness (QED) is 0.789. The van der Waals surface area contributed by atoms with Gasteiger partial charge in [-0.1, -0.05) is 18.6 Å². The average Bonchev–Trinajstić information content (AvgIpc) is 3.05. The van der Waals surface area contributed by atoms with E-state index in [0.29, 0.717) is 12.5 Å². The predicted octanol–water partition coefficient (Wildman–Crippen LogP) is 2.81. The van der Waals surface area contributed by atoms with Gasteiger partial charge in [-0.25, -0.2) is 0 Å². The van der Waals surface area contributed by atoms with Gasteiger partial charge in [0.2, 0.25) is 5.91 Å². The SMILES string of the molecule is O=C(CCC(=O)c1ccc2c(c1)CCC2)NCC1CCCC(O)C1. The molecule has 0 heterocycles. The van der Waals surface area contributed by atoms with E-state index in [0.717, 1.165) is 44.1 Å². The van der Waals surface area contributed by atoms with Crippen molar-refractivity contribution in [2.45, 2.75) is 63.9 Å². The maximum absolute atomic E-state index is 12.3. The minimum atomic E-state index is -0.220. The van der Waals surface area contributed by atoms with Crippen LogP contribution in [0.3, 0.4) is 0 Å². The fourth-order valence-electron chi connectivity index (χ4n) is 3.91. The number of rotatable bonds is 6. The fraction of sp³-hybridized carbons (Fsp3) is 0.600. The van der Waals surface area contributed by atoms with Gasteiger partial charge in [-0.05, 0) is 61.6 Å². The van der Waals surface area contributed by atoms with Gasteiger partial charge in [0.15, 0.2) is 5.78 Å². The summed E-state index contributed by atoms with van der Waals surface area (Å²) in [6.45, 7) is 0.614. The van der Waals surface area contributed by atoms with Gasteiger partial charge in [0.05, 0.1) is 6.10 Å². The first-order chi connectivity index (χ1) is 11.6. The van der Waals surface area contributed by atoms with Gasteiger partial charge in [0.1, 0.15) is 0 Å². The summed E-state index contributed by atoms with van der Waals surface area (Å²) in [7, 11) is 0. The third kappa shape index (κ3) is 4.44. The largest absolute Gasteiger partial charge is 0.393 e. The Morgan fingerprint density at radius 2 is 1.92 bits per heavy atom. The van der Waals surface area contributed by atoms with E-state index in [-0.39, 0.29) is 30.6 Å². The Hall–Kier alpha value is -1.68. The second-order valence-electron chi connectivity index (χ2n) is 7.25. The molecule has 0 aromatic heterocycles. The van der Waals surface area contributed by atoms with E-state index in [1.807, 2.05) is 12.1 Å². The number of amides is 1. The Labute approximate surface area is 143 Å². The normalized spacial score (nSPS) is 22.9. The van der Waals surface area contributed by atoms with Crippen LogP contribution in [0.5, 0.6) is 0 Å². The molecule has 2 aliphatic carbocycles. The van der Waals surface area contributed by atoms with Crippen molar-refractivity contribution in [3.63, 3.8) is 0 Å². The molecule has 2 unspecified atom stereocenters. The van der Waals surface area contributed by atoms with E-state index in [4.69, 9.17) is 0 Å². The number of Topliss-reactive ketones (excluding diaryl/α,β-unsaturated/α-hetero) is 1. The number of ketones is 1. The second kappa shape index (κ2) is 7.93. The first-order valence-electron chi connectivity index (χ1n) is 9.21. The molecule has 0 radical (unpaired) electrons. The number of aliphatic hydroxyl groups is 1. The Balaban J connectivity index is 1.41. The molecule has 4 nitrogen and oxygen atoms in total. The summed E-state index contributed by atoms with van der Waals surface area (Å²) in [5.74, 6) is 0.350. The van der Waals surface area contributed by atoms with Crippen LogP contribution in [0.2, 0.25) is 0 Å². The molecule has 0 spiro atoms. The first-order valence-corrected chi connectivity index (χ1v) is 9.21. The molecule has 1 aromatic rings. The Kier molecular flexibility index (Phi) is 5.67. The fourth-order valence-corrected chi connectivity index (χ4v) is 3.91. The summed E-state index contributed by atoms with van der Waals surface area (Å²) in [6.07, 6.45) is 7.36. The summed E-state index contributed by atoms with van der Waals surface area (Å²) in [4.78, 5) is 24.2. The van der Waals surface area contributed by atoms with Crippen LogP contribution in [0.1, 0.15) is 66.4 Å². The summed E-state index contributed by atoms with van der Waals surface area (Å²) >= 11 is 0. The van der Waals surface area contributed by atoms with Crippen LogP contribution in [-0.2, 0) is 17.6 Å². The lowest BCUT2D eigenvalue weighted by molar-refractivity contribution is -0.121. The number of hydrogen-bond acceptors (Lipinski definition) is 3. The number of benzene rings is 1. The van der Waals surface area contributed by atoms with Gasteiger partial charge in [-0.3, -0.25) is 9.59 Å². The number of carbonyl (C=O) groups excluding carboxylic acids is 2. The van der Waals surface area contributed by atoms with Gasteiger partial charge in [0.25, 0.3) is 0 Å². The number of hydrogen-bond donors (Lipinski definition) is 2. The van der Waals surface area contributed by atoms with Crippen molar-refractivity contribution in [3.8, 4) is 0 Å². The highest BCUT2D eigenvalue weighted by molar-refractivity contribution is 5.98. The van der Waals surface area contributed by atoms with Crippen LogP contribution < -0.4 is 5.32 Å². The smallest absolute Gasteiger partial charge is 0.220 e. The summed E-state index contributed by atoms with van der Waals surface area (Å²) < 4.78 is 0. The minimum Gasteiger partial charge on any atom is -0.393 e. The van der Waals surface area contributed by atoms with E-state index in [2.05, 4.69) is 11.4 Å². The molecule has 2 atom stereocenters. The number of aryl methyl sites for hydroxylation is 2. The van der Waals surface area contributed by atoms with Crippen LogP contribution in [0.15, 0.2) is 18.2 Å². The first kappa shape index (κ1) is 17.2. The molecular formula is C20H27NO3. The summed E-state index contributed by atoms with van der Waals surface area (Å²) in [6, 6.07) is 5.96. The molecule has 3 rings (SSSR count). The van der Waals surface area contributed by atoms with Crippen LogP contribution >= 0.6 is 0 Å². The van der Waals surface area contributed by atoms with Crippen LogP contribution in [0, 0.1) is 5.92 Å². The highest BCUT2D eigenvalue weighted by Crippen LogP contribution is 2.24. The highest BCUT2D eigenvalue weighted by atomic mass is 16.3. The van der Waals surface area contributed by atoms with Gasteiger partial charge in [0, 0.05) is 24.9 Å². The van der Waals surface area contributed by atoms with Crippen LogP contribution in [0.25, 0.3) is 0 Å². The van der Waals surface area contributed by atoms with Crippen LogP contribution in [0.4, 0.5) is 0 Å². The van der Waals surface area contributed by atoms with E-state index < -0.39 is 0 Å². The van der Waals surface area contributed by atoms with Gasteiger partial charge in [-0.2, -0.15) is 0 Å². The lowest BCUT2D eigenvalue weighted by atomic mass is 9.87. The van der Waals surface area contributed by atoms with Crippen molar-refractivity contribution in [1.82, 2.24) is 5.32 Å². The van der Waals surface area contributed by atoms with Gasteiger partial charge < -0.3 is 10.4 Å². The highest BCUT2D eigenvalue weighted by Gasteiger charge is 2.20. The van der Waals surface area contributed by atoms with Gasteiger partial charge in [-0.15, -0.1) is 0 Å². The third-order valence-electron chi connectivity index (χ3n) is 5.34. The standard InChI is InChI=1S/C20H27NO3/c22-18-6-1-3-14(11-18)13-21-20(24)10-9-19(23)17-8-7-15-4-2-5-16(15)12-17/h7-8,12,14,18,22H,1-6,9-11,13H2,(H,21,24). The molecule has 2 N–H and O–H groups in total. The van der Waals surface area contributed by atoms with Crippen molar-refractivity contribution in [2.75, 3.05) is 6.54 Å². The molecule has 0 bridgehead atoms. The summed E-state index contributed by atoms with van der Waals surface area (Å²) in [5, 5.41) is 12.6. The number of aliphatic hydroxyl groups excluding tert-OH is 1. The Bertz CT molecular complexity index is 611. The molecule has 1 aromatic carbocycles. The second-order valence-corrected chi connectivity index (χ2v) is 7.25. The van der Waals surface area contributed by atoms with Gasteiger partial charge >= 0.3 is 0 Å². The molecular weight excluding hydrogens is 302 g/mol. The molecule has 2 aliphatic rings.